The summed E-state index contributed by atoms with van der Waals surface area (Å²) < 4.78 is 15.5. The molecule has 1 aliphatic carbocycles. The molecule has 26 heavy (non-hydrogen) atoms. The van der Waals surface area contributed by atoms with Crippen molar-refractivity contribution < 1.29 is 9.18 Å². The fraction of sp³-hybridized carbons (Fsp3) is 0.389. The molecule has 4 rings (SSSR count). The van der Waals surface area contributed by atoms with Crippen molar-refractivity contribution in [2.75, 3.05) is 12.0 Å². The highest BCUT2D eigenvalue weighted by atomic mass is 19.1. The molecule has 3 heterocycles. The lowest BCUT2D eigenvalue weighted by Gasteiger charge is -2.12. The van der Waals surface area contributed by atoms with Gasteiger partial charge in [0.2, 0.25) is 0 Å². The van der Waals surface area contributed by atoms with Gasteiger partial charge < -0.3 is 15.6 Å². The number of hydrogen-bond donors (Lipinski definition) is 3. The normalized spacial score (nSPS) is 17.8. The number of carbonyl (C=O) groups is 1. The third-order valence-electron chi connectivity index (χ3n) is 4.96. The lowest BCUT2D eigenvalue weighted by molar-refractivity contribution is 0.102. The van der Waals surface area contributed by atoms with E-state index in [1.54, 1.807) is 23.0 Å². The van der Waals surface area contributed by atoms with Gasteiger partial charge in [-0.2, -0.15) is 5.10 Å². The molecule has 1 aliphatic heterocycles. The Morgan fingerprint density at radius 1 is 1.46 bits per heavy atom. The Hall–Kier alpha value is -2.90. The topological polar surface area (TPSA) is 101 Å². The van der Waals surface area contributed by atoms with E-state index < -0.39 is 12.2 Å². The van der Waals surface area contributed by atoms with Gasteiger partial charge in [-0.1, -0.05) is 0 Å². The first-order valence-corrected chi connectivity index (χ1v) is 8.57. The summed E-state index contributed by atoms with van der Waals surface area (Å²) in [5.74, 6) is 0.0953. The first-order valence-electron chi connectivity index (χ1n) is 8.57. The molecule has 0 spiro atoms. The maximum Gasteiger partial charge on any atom is 0.259 e. The molecule has 0 unspecified atom stereocenters. The molecular formula is C18H21FN6O. The lowest BCUT2D eigenvalue weighted by atomic mass is 10.1. The maximum atomic E-state index is 13.7. The van der Waals surface area contributed by atoms with Gasteiger partial charge in [-0.3, -0.25) is 9.89 Å². The Morgan fingerprint density at radius 2 is 2.23 bits per heavy atom. The van der Waals surface area contributed by atoms with Gasteiger partial charge in [0.05, 0.1) is 16.3 Å². The summed E-state index contributed by atoms with van der Waals surface area (Å²) in [5.41, 5.74) is 9.03. The number of nitrogens with one attached hydrogen (secondary N) is 2. The molecule has 7 nitrogen and oxygen atoms in total. The monoisotopic (exact) mass is 356 g/mol. The Bertz CT molecular complexity index is 1040. The predicted molar refractivity (Wildman–Crippen MR) is 95.6 cm³/mol. The number of fused-ring (bicyclic) bond motifs is 1. The van der Waals surface area contributed by atoms with E-state index in [0.717, 1.165) is 24.1 Å². The zero-order chi connectivity index (χ0) is 18.5. The number of aromatic nitrogens is 3. The van der Waals surface area contributed by atoms with Crippen molar-refractivity contribution in [3.05, 3.63) is 46.0 Å². The van der Waals surface area contributed by atoms with Gasteiger partial charge >= 0.3 is 0 Å². The Balaban J connectivity index is 1.87. The van der Waals surface area contributed by atoms with Crippen LogP contribution in [0.15, 0.2) is 29.0 Å². The van der Waals surface area contributed by atoms with Crippen LogP contribution in [0.25, 0.3) is 5.70 Å². The number of nitrogens with two attached hydrogens (primary N) is 1. The molecule has 0 atom stereocenters. The van der Waals surface area contributed by atoms with E-state index in [1.807, 2.05) is 13.8 Å². The standard InChI is InChI=1S/C18H21FN6O/c1-10-5-13(20)15-12(17(26)22-14-6-11(2)23-24-14)8-25(16(15)21-7-10)18(9-19)3-4-18/h6-8H,3-5,9,20H2,1-2H3,(H2,22,23,24,26). The number of aromatic amines is 1. The van der Waals surface area contributed by atoms with Crippen LogP contribution in [-0.2, 0) is 5.54 Å². The molecule has 8 heteroatoms. The van der Waals surface area contributed by atoms with Crippen LogP contribution in [0.1, 0.15) is 42.2 Å². The average molecular weight is 356 g/mol. The molecule has 0 radical (unpaired) electrons. The lowest BCUT2D eigenvalue weighted by Crippen LogP contribution is -2.39. The van der Waals surface area contributed by atoms with Crippen LogP contribution in [0.3, 0.4) is 0 Å². The van der Waals surface area contributed by atoms with Crippen LogP contribution in [0.4, 0.5) is 10.2 Å². The quantitative estimate of drug-likeness (QED) is 0.768. The second-order valence-corrected chi connectivity index (χ2v) is 7.17. The van der Waals surface area contributed by atoms with Crippen molar-refractivity contribution in [3.8, 4) is 0 Å². The van der Waals surface area contributed by atoms with Crippen molar-refractivity contribution in [1.29, 1.82) is 0 Å². The molecule has 4 N–H and O–H groups in total. The summed E-state index contributed by atoms with van der Waals surface area (Å²) in [6.45, 7) is 3.29. The fourth-order valence-electron chi connectivity index (χ4n) is 3.33. The second kappa shape index (κ2) is 5.82. The minimum atomic E-state index is -0.610. The van der Waals surface area contributed by atoms with Gasteiger partial charge in [0, 0.05) is 36.3 Å². The number of carbonyl (C=O) groups excluding carboxylic acids is 1. The van der Waals surface area contributed by atoms with E-state index in [4.69, 9.17) is 5.73 Å². The van der Waals surface area contributed by atoms with Gasteiger partial charge in [-0.05, 0) is 32.3 Å². The molecule has 0 aromatic carbocycles. The number of H-pyrrole nitrogens is 1. The van der Waals surface area contributed by atoms with Crippen molar-refractivity contribution in [2.45, 2.75) is 38.6 Å². The van der Waals surface area contributed by atoms with Crippen molar-refractivity contribution in [2.24, 2.45) is 10.7 Å². The Kier molecular flexibility index (Phi) is 3.71. The first-order chi connectivity index (χ1) is 12.4. The molecule has 1 saturated carbocycles. The summed E-state index contributed by atoms with van der Waals surface area (Å²) in [5, 5.41) is 10.2. The van der Waals surface area contributed by atoms with E-state index in [9.17, 15) is 9.18 Å². The van der Waals surface area contributed by atoms with Gasteiger partial charge in [-0.25, -0.2) is 9.38 Å². The minimum Gasteiger partial charge on any atom is -0.401 e. The number of alkyl halides is 1. The van der Waals surface area contributed by atoms with Gasteiger partial charge in [0.15, 0.2) is 5.82 Å². The molecule has 2 aromatic rings. The van der Waals surface area contributed by atoms with E-state index in [0.29, 0.717) is 34.2 Å². The number of anilines is 1. The van der Waals surface area contributed by atoms with E-state index >= 15 is 0 Å². The number of halogens is 1. The molecule has 136 valence electrons. The van der Waals surface area contributed by atoms with E-state index in [1.165, 1.54) is 0 Å². The first kappa shape index (κ1) is 16.6. The Morgan fingerprint density at radius 3 is 2.85 bits per heavy atom. The largest absolute Gasteiger partial charge is 0.401 e. The van der Waals surface area contributed by atoms with Gasteiger partial charge in [-0.15, -0.1) is 0 Å². The molecule has 2 aliphatic rings. The van der Waals surface area contributed by atoms with Crippen LogP contribution in [0.5, 0.6) is 0 Å². The highest BCUT2D eigenvalue weighted by molar-refractivity contribution is 6.04. The van der Waals surface area contributed by atoms with Crippen LogP contribution in [0.2, 0.25) is 0 Å². The highest BCUT2D eigenvalue weighted by Gasteiger charge is 2.46. The smallest absolute Gasteiger partial charge is 0.259 e. The molecule has 1 fully saturated rings. The summed E-state index contributed by atoms with van der Waals surface area (Å²) in [7, 11) is 0. The molecular weight excluding hydrogens is 335 g/mol. The number of amides is 1. The summed E-state index contributed by atoms with van der Waals surface area (Å²) in [4.78, 5) is 17.4. The predicted octanol–water partition coefficient (Wildman–Crippen LogP) is 1.22. The van der Waals surface area contributed by atoms with Gasteiger partial charge in [0.25, 0.3) is 5.91 Å². The highest BCUT2D eigenvalue weighted by Crippen LogP contribution is 2.42. The number of rotatable bonds is 4. The van der Waals surface area contributed by atoms with Gasteiger partial charge in [0.1, 0.15) is 12.2 Å². The van der Waals surface area contributed by atoms with E-state index in [2.05, 4.69) is 20.5 Å². The van der Waals surface area contributed by atoms with Crippen molar-refractivity contribution in [3.63, 3.8) is 0 Å². The zero-order valence-electron chi connectivity index (χ0n) is 14.8. The van der Waals surface area contributed by atoms with Crippen LogP contribution in [-0.4, -0.2) is 27.3 Å². The zero-order valence-corrected chi connectivity index (χ0v) is 14.8. The number of aryl methyl sites for hydroxylation is 1. The third-order valence-corrected chi connectivity index (χ3v) is 4.96. The van der Waals surface area contributed by atoms with Crippen LogP contribution >= 0.6 is 0 Å². The maximum absolute atomic E-state index is 13.7. The molecule has 0 saturated heterocycles. The van der Waals surface area contributed by atoms with Crippen LogP contribution < -0.4 is 21.8 Å². The average Bonchev–Trinajstić information content (AvgIpc) is 3.18. The summed E-state index contributed by atoms with van der Waals surface area (Å²) >= 11 is 0. The molecule has 0 bridgehead atoms. The van der Waals surface area contributed by atoms with E-state index in [-0.39, 0.29) is 5.91 Å². The molecule has 2 aromatic heterocycles. The van der Waals surface area contributed by atoms with Crippen LogP contribution in [0, 0.1) is 6.92 Å². The third kappa shape index (κ3) is 2.61. The van der Waals surface area contributed by atoms with Crippen molar-refractivity contribution >= 4 is 17.4 Å². The SMILES string of the molecule is CC1=CN=c2c(c(C(=O)Nc3cc(C)[nH]n3)cn2C2(CF)CC2)=C(N)C1. The fourth-order valence-corrected chi connectivity index (χ4v) is 3.33. The summed E-state index contributed by atoms with van der Waals surface area (Å²) in [6, 6.07) is 1.74. The minimum absolute atomic E-state index is 0.334. The number of hydrogen-bond acceptors (Lipinski definition) is 4. The number of nitrogens with zero attached hydrogens (tertiary/aromatic N) is 3. The van der Waals surface area contributed by atoms with Crippen molar-refractivity contribution in [1.82, 2.24) is 14.8 Å². The summed E-state index contributed by atoms with van der Waals surface area (Å²) in [6.07, 6.45) is 5.38. The second-order valence-electron chi connectivity index (χ2n) is 7.17. The molecule has 1 amide bonds. The Labute approximate surface area is 149 Å².